The fourth-order valence-corrected chi connectivity index (χ4v) is 1.51. The molecule has 0 bridgehead atoms. The molecule has 0 saturated carbocycles. The van der Waals surface area contributed by atoms with Crippen molar-refractivity contribution in [2.45, 2.75) is 6.04 Å². The van der Waals surface area contributed by atoms with E-state index < -0.39 is 0 Å². The van der Waals surface area contributed by atoms with E-state index in [1.165, 1.54) is 0 Å². The standard InChI is InChI=1S/C9H17N5/c1-10-4-5-12-9-2-3-13-14(9)8-6-11-7-8/h2-3,8,10-12H,4-7H2,1H3. The van der Waals surface area contributed by atoms with Crippen molar-refractivity contribution in [1.82, 2.24) is 20.4 Å². The van der Waals surface area contributed by atoms with E-state index in [1.807, 2.05) is 19.3 Å². The molecule has 0 spiro atoms. The fourth-order valence-electron chi connectivity index (χ4n) is 1.51. The lowest BCUT2D eigenvalue weighted by atomic mass is 10.2. The van der Waals surface area contributed by atoms with Crippen LogP contribution in [0.5, 0.6) is 0 Å². The number of hydrogen-bond acceptors (Lipinski definition) is 4. The second-order valence-electron chi connectivity index (χ2n) is 3.50. The third kappa shape index (κ3) is 1.88. The highest BCUT2D eigenvalue weighted by atomic mass is 15.4. The first-order chi connectivity index (χ1) is 6.92. The zero-order valence-corrected chi connectivity index (χ0v) is 8.45. The van der Waals surface area contributed by atoms with Gasteiger partial charge in [0.05, 0.1) is 12.2 Å². The topological polar surface area (TPSA) is 53.9 Å². The average Bonchev–Trinajstić information content (AvgIpc) is 2.51. The van der Waals surface area contributed by atoms with Crippen molar-refractivity contribution in [3.8, 4) is 0 Å². The molecule has 0 radical (unpaired) electrons. The maximum absolute atomic E-state index is 4.31. The Morgan fingerprint density at radius 1 is 1.57 bits per heavy atom. The van der Waals surface area contributed by atoms with Crippen LogP contribution in [0.25, 0.3) is 0 Å². The van der Waals surface area contributed by atoms with Gasteiger partial charge in [0.1, 0.15) is 5.82 Å². The molecule has 0 aromatic carbocycles. The molecule has 14 heavy (non-hydrogen) atoms. The molecule has 2 rings (SSSR count). The normalized spacial score (nSPS) is 16.6. The SMILES string of the molecule is CNCCNc1ccnn1C1CNC1. The van der Waals surface area contributed by atoms with Crippen LogP contribution in [0.4, 0.5) is 5.82 Å². The van der Waals surface area contributed by atoms with Crippen molar-refractivity contribution in [3.05, 3.63) is 12.3 Å². The lowest BCUT2D eigenvalue weighted by Gasteiger charge is -2.28. The highest BCUT2D eigenvalue weighted by Crippen LogP contribution is 2.16. The number of likely N-dealkylation sites (N-methyl/N-ethyl adjacent to an activating group) is 1. The number of anilines is 1. The van der Waals surface area contributed by atoms with Crippen LogP contribution in [0.3, 0.4) is 0 Å². The first kappa shape index (κ1) is 9.48. The summed E-state index contributed by atoms with van der Waals surface area (Å²) in [6, 6.07) is 2.55. The van der Waals surface area contributed by atoms with Gasteiger partial charge in [0.25, 0.3) is 0 Å². The van der Waals surface area contributed by atoms with E-state index in [-0.39, 0.29) is 0 Å². The summed E-state index contributed by atoms with van der Waals surface area (Å²) in [5.41, 5.74) is 0. The molecule has 1 aliphatic heterocycles. The van der Waals surface area contributed by atoms with Crippen LogP contribution >= 0.6 is 0 Å². The van der Waals surface area contributed by atoms with E-state index in [2.05, 4.69) is 25.7 Å². The van der Waals surface area contributed by atoms with Gasteiger partial charge in [0.15, 0.2) is 0 Å². The van der Waals surface area contributed by atoms with Crippen LogP contribution in [0.1, 0.15) is 6.04 Å². The molecule has 1 aliphatic rings. The molecule has 0 atom stereocenters. The molecule has 78 valence electrons. The van der Waals surface area contributed by atoms with Gasteiger partial charge in [-0.1, -0.05) is 0 Å². The Balaban J connectivity index is 1.91. The monoisotopic (exact) mass is 195 g/mol. The van der Waals surface area contributed by atoms with Crippen LogP contribution in [-0.2, 0) is 0 Å². The second kappa shape index (κ2) is 4.43. The van der Waals surface area contributed by atoms with Gasteiger partial charge >= 0.3 is 0 Å². The minimum absolute atomic E-state index is 0.530. The van der Waals surface area contributed by atoms with Crippen molar-refractivity contribution in [2.24, 2.45) is 0 Å². The smallest absolute Gasteiger partial charge is 0.124 e. The first-order valence-electron chi connectivity index (χ1n) is 5.04. The van der Waals surface area contributed by atoms with Crippen molar-refractivity contribution < 1.29 is 0 Å². The summed E-state index contributed by atoms with van der Waals surface area (Å²) in [6.45, 7) is 3.96. The lowest BCUT2D eigenvalue weighted by Crippen LogP contribution is -2.44. The summed E-state index contributed by atoms with van der Waals surface area (Å²) in [4.78, 5) is 0. The van der Waals surface area contributed by atoms with Gasteiger partial charge in [-0.25, -0.2) is 4.68 Å². The summed E-state index contributed by atoms with van der Waals surface area (Å²) < 4.78 is 2.06. The zero-order valence-electron chi connectivity index (χ0n) is 8.45. The minimum Gasteiger partial charge on any atom is -0.369 e. The zero-order chi connectivity index (χ0) is 9.80. The predicted molar refractivity (Wildman–Crippen MR) is 56.6 cm³/mol. The molecule has 3 N–H and O–H groups in total. The van der Waals surface area contributed by atoms with Gasteiger partial charge < -0.3 is 16.0 Å². The van der Waals surface area contributed by atoms with E-state index in [4.69, 9.17) is 0 Å². The third-order valence-electron chi connectivity index (χ3n) is 2.46. The Labute approximate surface area is 83.9 Å². The number of rotatable bonds is 5. The highest BCUT2D eigenvalue weighted by molar-refractivity contribution is 5.34. The summed E-state index contributed by atoms with van der Waals surface area (Å²) in [5.74, 6) is 1.12. The van der Waals surface area contributed by atoms with Gasteiger partial charge in [-0.2, -0.15) is 5.10 Å². The molecule has 0 unspecified atom stereocenters. The molecule has 1 fully saturated rings. The molecule has 1 saturated heterocycles. The Kier molecular flexibility index (Phi) is 3.00. The number of aromatic nitrogens is 2. The summed E-state index contributed by atoms with van der Waals surface area (Å²) in [6.07, 6.45) is 1.85. The quantitative estimate of drug-likeness (QED) is 0.563. The largest absolute Gasteiger partial charge is 0.369 e. The van der Waals surface area contributed by atoms with E-state index >= 15 is 0 Å². The van der Waals surface area contributed by atoms with Crippen LogP contribution in [0, 0.1) is 0 Å². The maximum Gasteiger partial charge on any atom is 0.124 e. The predicted octanol–water partition coefficient (Wildman–Crippen LogP) is -0.341. The van der Waals surface area contributed by atoms with E-state index in [1.54, 1.807) is 0 Å². The number of hydrogen-bond donors (Lipinski definition) is 3. The van der Waals surface area contributed by atoms with Crippen molar-refractivity contribution in [3.63, 3.8) is 0 Å². The van der Waals surface area contributed by atoms with Crippen LogP contribution < -0.4 is 16.0 Å². The lowest BCUT2D eigenvalue weighted by molar-refractivity contribution is 0.321. The Morgan fingerprint density at radius 3 is 3.07 bits per heavy atom. The molecule has 2 heterocycles. The Morgan fingerprint density at radius 2 is 2.43 bits per heavy atom. The molecular weight excluding hydrogens is 178 g/mol. The van der Waals surface area contributed by atoms with E-state index in [0.29, 0.717) is 6.04 Å². The second-order valence-corrected chi connectivity index (χ2v) is 3.50. The van der Waals surface area contributed by atoms with Gasteiger partial charge in [0.2, 0.25) is 0 Å². The highest BCUT2D eigenvalue weighted by Gasteiger charge is 2.21. The first-order valence-corrected chi connectivity index (χ1v) is 5.04. The maximum atomic E-state index is 4.31. The summed E-state index contributed by atoms with van der Waals surface area (Å²) >= 11 is 0. The Hall–Kier alpha value is -1.07. The molecule has 1 aromatic rings. The molecule has 0 aliphatic carbocycles. The molecule has 1 aromatic heterocycles. The summed E-state index contributed by atoms with van der Waals surface area (Å²) in [7, 11) is 1.95. The van der Waals surface area contributed by atoms with Gasteiger partial charge in [-0.3, -0.25) is 0 Å². The molecule has 0 amide bonds. The fraction of sp³-hybridized carbons (Fsp3) is 0.667. The van der Waals surface area contributed by atoms with Crippen LogP contribution in [0.15, 0.2) is 12.3 Å². The van der Waals surface area contributed by atoms with Gasteiger partial charge in [-0.15, -0.1) is 0 Å². The average molecular weight is 195 g/mol. The minimum atomic E-state index is 0.530. The molecular formula is C9H17N5. The number of nitrogens with zero attached hydrogens (tertiary/aromatic N) is 2. The van der Waals surface area contributed by atoms with Crippen LogP contribution in [-0.4, -0.2) is 43.0 Å². The van der Waals surface area contributed by atoms with Crippen molar-refractivity contribution in [2.75, 3.05) is 38.5 Å². The summed E-state index contributed by atoms with van der Waals surface area (Å²) in [5, 5.41) is 14.0. The van der Waals surface area contributed by atoms with E-state index in [0.717, 1.165) is 32.0 Å². The van der Waals surface area contributed by atoms with E-state index in [9.17, 15) is 0 Å². The van der Waals surface area contributed by atoms with Crippen LogP contribution in [0.2, 0.25) is 0 Å². The van der Waals surface area contributed by atoms with Gasteiger partial charge in [-0.05, 0) is 7.05 Å². The third-order valence-corrected chi connectivity index (χ3v) is 2.46. The number of nitrogens with one attached hydrogen (secondary N) is 3. The Bertz CT molecular complexity index is 278. The molecule has 5 heteroatoms. The van der Waals surface area contributed by atoms with Crippen molar-refractivity contribution >= 4 is 5.82 Å². The van der Waals surface area contributed by atoms with Crippen molar-refractivity contribution in [1.29, 1.82) is 0 Å². The molecule has 5 nitrogen and oxygen atoms in total. The van der Waals surface area contributed by atoms with Gasteiger partial charge in [0, 0.05) is 32.2 Å².